The number of methoxy groups -OCH3 is 1. The van der Waals surface area contributed by atoms with E-state index in [4.69, 9.17) is 10.5 Å². The predicted molar refractivity (Wildman–Crippen MR) is 131 cm³/mol. The van der Waals surface area contributed by atoms with Crippen LogP contribution in [0.15, 0.2) is 36.5 Å². The van der Waals surface area contributed by atoms with Gasteiger partial charge in [0.1, 0.15) is 22.9 Å². The summed E-state index contributed by atoms with van der Waals surface area (Å²) in [5.74, 6) is -1.19. The fourth-order valence-corrected chi connectivity index (χ4v) is 3.65. The lowest BCUT2D eigenvalue weighted by molar-refractivity contribution is -0.137. The van der Waals surface area contributed by atoms with Crippen LogP contribution in [0.1, 0.15) is 27.2 Å². The minimum atomic E-state index is -4.79. The molecule has 2 heterocycles. The molecular formula is C22H24F3N7O4S. The Morgan fingerprint density at radius 1 is 1.19 bits per heavy atom. The smallest absolute Gasteiger partial charge is 0.421 e. The van der Waals surface area contributed by atoms with Crippen LogP contribution in [0, 0.1) is 6.92 Å². The van der Waals surface area contributed by atoms with Crippen LogP contribution in [-0.2, 0) is 22.7 Å². The maximum Gasteiger partial charge on any atom is 0.421 e. The van der Waals surface area contributed by atoms with Crippen LogP contribution < -0.4 is 25.4 Å². The second kappa shape index (κ2) is 10.5. The number of carbonyl (C=O) groups excluding carboxylic acids is 1. The van der Waals surface area contributed by atoms with Gasteiger partial charge in [-0.2, -0.15) is 18.2 Å². The lowest BCUT2D eigenvalue weighted by atomic mass is 10.2. The molecule has 15 heteroatoms. The maximum absolute atomic E-state index is 13.7. The molecule has 0 fully saturated rings. The number of alkyl halides is 3. The number of aromatic nitrogens is 3. The van der Waals surface area contributed by atoms with Gasteiger partial charge in [0.05, 0.1) is 19.1 Å². The number of amides is 1. The van der Waals surface area contributed by atoms with Crippen LogP contribution in [0.4, 0.5) is 36.4 Å². The van der Waals surface area contributed by atoms with Gasteiger partial charge in [-0.05, 0) is 31.2 Å². The van der Waals surface area contributed by atoms with E-state index in [9.17, 15) is 26.4 Å². The first-order chi connectivity index (χ1) is 17.2. The molecule has 4 N–H and O–H groups in total. The highest BCUT2D eigenvalue weighted by molar-refractivity contribution is 7.92. The van der Waals surface area contributed by atoms with E-state index in [1.807, 2.05) is 0 Å². The maximum atomic E-state index is 13.7. The number of pyridine rings is 1. The zero-order chi connectivity index (χ0) is 27.5. The van der Waals surface area contributed by atoms with Gasteiger partial charge in [0, 0.05) is 36.6 Å². The molecule has 3 rings (SSSR count). The van der Waals surface area contributed by atoms with E-state index in [2.05, 4.69) is 25.6 Å². The van der Waals surface area contributed by atoms with E-state index in [0.29, 0.717) is 17.5 Å². The third kappa shape index (κ3) is 6.55. The molecule has 0 saturated heterocycles. The van der Waals surface area contributed by atoms with Crippen molar-refractivity contribution in [1.29, 1.82) is 0 Å². The number of halogens is 3. The molecule has 0 aliphatic heterocycles. The molecular weight excluding hydrogens is 515 g/mol. The van der Waals surface area contributed by atoms with E-state index in [1.54, 1.807) is 19.1 Å². The van der Waals surface area contributed by atoms with Crippen LogP contribution in [0.5, 0.6) is 5.75 Å². The van der Waals surface area contributed by atoms with Crippen LogP contribution >= 0.6 is 0 Å². The van der Waals surface area contributed by atoms with Gasteiger partial charge in [0.2, 0.25) is 21.9 Å². The largest absolute Gasteiger partial charge is 0.495 e. The first-order valence-corrected chi connectivity index (χ1v) is 12.4. The Morgan fingerprint density at radius 2 is 1.89 bits per heavy atom. The third-order valence-corrected chi connectivity index (χ3v) is 6.33. The number of hydrogen-bond donors (Lipinski definition) is 3. The molecule has 1 amide bonds. The Labute approximate surface area is 210 Å². The van der Waals surface area contributed by atoms with Crippen LogP contribution in [0.2, 0.25) is 0 Å². The van der Waals surface area contributed by atoms with Gasteiger partial charge < -0.3 is 21.1 Å². The summed E-state index contributed by atoms with van der Waals surface area (Å²) in [6, 6.07) is 7.39. The van der Waals surface area contributed by atoms with Crippen molar-refractivity contribution in [3.05, 3.63) is 58.9 Å². The molecule has 0 bridgehead atoms. The standard InChI is InChI=1S/C22H24F3N7O4S/c1-12-5-6-14(20(29-12)32(2)37(4,34)35)10-27-19-15(22(23,24)25)11-28-21(31-19)30-16-9-13(18(26)33)7-8-17(16)36-3/h5-9,11H,10H2,1-4H3,(H2,26,33)(H2,27,28,30,31). The van der Waals surface area contributed by atoms with Crippen molar-refractivity contribution in [3.8, 4) is 5.75 Å². The first-order valence-electron chi connectivity index (χ1n) is 10.5. The number of nitrogens with two attached hydrogens (primary N) is 1. The van der Waals surface area contributed by atoms with Crippen molar-refractivity contribution >= 4 is 39.2 Å². The minimum absolute atomic E-state index is 0.0592. The van der Waals surface area contributed by atoms with E-state index < -0.39 is 33.5 Å². The molecule has 0 radical (unpaired) electrons. The van der Waals surface area contributed by atoms with Crippen molar-refractivity contribution in [2.45, 2.75) is 19.6 Å². The fraction of sp³-hybridized carbons (Fsp3) is 0.273. The summed E-state index contributed by atoms with van der Waals surface area (Å²) in [6.45, 7) is 1.42. The molecule has 0 spiro atoms. The second-order valence-electron chi connectivity index (χ2n) is 7.88. The number of nitrogens with one attached hydrogen (secondary N) is 2. The average Bonchev–Trinajstić information content (AvgIpc) is 2.81. The Kier molecular flexibility index (Phi) is 7.76. The van der Waals surface area contributed by atoms with Crippen molar-refractivity contribution < 1.29 is 31.1 Å². The SMILES string of the molecule is COc1ccc(C(N)=O)cc1Nc1ncc(C(F)(F)F)c(NCc2ccc(C)nc2N(C)S(C)(=O)=O)n1. The first kappa shape index (κ1) is 27.4. The number of hydrogen-bond acceptors (Lipinski definition) is 9. The van der Waals surface area contributed by atoms with Gasteiger partial charge in [0.15, 0.2) is 0 Å². The van der Waals surface area contributed by atoms with Crippen molar-refractivity contribution in [1.82, 2.24) is 15.0 Å². The summed E-state index contributed by atoms with van der Waals surface area (Å²) >= 11 is 0. The summed E-state index contributed by atoms with van der Waals surface area (Å²) in [4.78, 5) is 23.5. The van der Waals surface area contributed by atoms with Crippen molar-refractivity contribution in [2.24, 2.45) is 5.73 Å². The Bertz CT molecular complexity index is 1430. The number of anilines is 4. The molecule has 37 heavy (non-hydrogen) atoms. The molecule has 0 unspecified atom stereocenters. The molecule has 2 aromatic heterocycles. The summed E-state index contributed by atoms with van der Waals surface area (Å²) in [7, 11) is -1.02. The lowest BCUT2D eigenvalue weighted by Gasteiger charge is -2.20. The Hall–Kier alpha value is -4.14. The predicted octanol–water partition coefficient (Wildman–Crippen LogP) is 3.06. The van der Waals surface area contributed by atoms with Gasteiger partial charge >= 0.3 is 6.18 Å². The highest BCUT2D eigenvalue weighted by atomic mass is 32.2. The van der Waals surface area contributed by atoms with Gasteiger partial charge in [-0.3, -0.25) is 9.10 Å². The summed E-state index contributed by atoms with van der Waals surface area (Å²) < 4.78 is 71.3. The normalized spacial score (nSPS) is 11.6. The number of rotatable bonds is 9. The van der Waals surface area contributed by atoms with Gasteiger partial charge in [0.25, 0.3) is 0 Å². The summed E-state index contributed by atoms with van der Waals surface area (Å²) in [5.41, 5.74) is 5.32. The van der Waals surface area contributed by atoms with Crippen LogP contribution in [0.3, 0.4) is 0 Å². The molecule has 1 aromatic carbocycles. The minimum Gasteiger partial charge on any atom is -0.495 e. The highest BCUT2D eigenvalue weighted by Crippen LogP contribution is 2.35. The number of aryl methyl sites for hydroxylation is 1. The molecule has 198 valence electrons. The molecule has 0 aliphatic carbocycles. The number of benzene rings is 1. The van der Waals surface area contributed by atoms with Crippen molar-refractivity contribution in [3.63, 3.8) is 0 Å². The monoisotopic (exact) mass is 539 g/mol. The summed E-state index contributed by atoms with van der Waals surface area (Å²) in [6.07, 6.45) is -3.21. The zero-order valence-corrected chi connectivity index (χ0v) is 21.0. The summed E-state index contributed by atoms with van der Waals surface area (Å²) in [5, 5.41) is 5.34. The highest BCUT2D eigenvalue weighted by Gasteiger charge is 2.35. The zero-order valence-electron chi connectivity index (χ0n) is 20.2. The Morgan fingerprint density at radius 3 is 2.49 bits per heavy atom. The van der Waals surface area contributed by atoms with Gasteiger partial charge in [-0.15, -0.1) is 0 Å². The van der Waals surface area contributed by atoms with E-state index in [1.165, 1.54) is 32.4 Å². The molecule has 3 aromatic rings. The number of primary amides is 1. The average molecular weight is 540 g/mol. The molecule has 0 saturated carbocycles. The Balaban J connectivity index is 1.99. The number of carbonyl (C=O) groups is 1. The molecule has 0 atom stereocenters. The van der Waals surface area contributed by atoms with Gasteiger partial charge in [-0.1, -0.05) is 6.07 Å². The number of nitrogens with zero attached hydrogens (tertiary/aromatic N) is 4. The molecule has 11 nitrogen and oxygen atoms in total. The number of ether oxygens (including phenoxy) is 1. The second-order valence-corrected chi connectivity index (χ2v) is 9.89. The molecule has 0 aliphatic rings. The fourth-order valence-electron chi connectivity index (χ4n) is 3.18. The topological polar surface area (TPSA) is 152 Å². The van der Waals surface area contributed by atoms with Crippen LogP contribution in [-0.4, -0.2) is 49.7 Å². The quantitative estimate of drug-likeness (QED) is 0.372. The van der Waals surface area contributed by atoms with Crippen molar-refractivity contribution in [2.75, 3.05) is 35.4 Å². The lowest BCUT2D eigenvalue weighted by Crippen LogP contribution is -2.27. The third-order valence-electron chi connectivity index (χ3n) is 5.16. The van der Waals surface area contributed by atoms with E-state index in [-0.39, 0.29) is 35.3 Å². The van der Waals surface area contributed by atoms with E-state index >= 15 is 0 Å². The van der Waals surface area contributed by atoms with E-state index in [0.717, 1.165) is 10.6 Å². The van der Waals surface area contributed by atoms with Gasteiger partial charge in [-0.25, -0.2) is 18.4 Å². The number of sulfonamides is 1. The van der Waals surface area contributed by atoms with Crippen LogP contribution in [0.25, 0.3) is 0 Å².